The Kier molecular flexibility index (Phi) is 2.84. The highest BCUT2D eigenvalue weighted by Gasteiger charge is 2.15. The van der Waals surface area contributed by atoms with Crippen molar-refractivity contribution in [1.29, 1.82) is 0 Å². The fourth-order valence-electron chi connectivity index (χ4n) is 2.79. The van der Waals surface area contributed by atoms with Crippen LogP contribution >= 0.6 is 0 Å². The van der Waals surface area contributed by atoms with Crippen molar-refractivity contribution in [2.45, 2.75) is 0 Å². The van der Waals surface area contributed by atoms with Crippen LogP contribution in [-0.4, -0.2) is 34.3 Å². The predicted molar refractivity (Wildman–Crippen MR) is 88.6 cm³/mol. The lowest BCUT2D eigenvalue weighted by atomic mass is 10.2. The van der Waals surface area contributed by atoms with Gasteiger partial charge in [0, 0.05) is 18.0 Å². The molecule has 0 N–H and O–H groups in total. The van der Waals surface area contributed by atoms with Gasteiger partial charge in [0.2, 0.25) is 0 Å². The summed E-state index contributed by atoms with van der Waals surface area (Å²) in [4.78, 5) is 8.52. The molecular formula is C17H10FN7. The lowest BCUT2D eigenvalue weighted by Crippen LogP contribution is -1.99. The number of nitrogens with zero attached hydrogens (tertiary/aromatic N) is 7. The van der Waals surface area contributed by atoms with Gasteiger partial charge >= 0.3 is 0 Å². The van der Waals surface area contributed by atoms with Crippen molar-refractivity contribution >= 4 is 16.7 Å². The third kappa shape index (κ3) is 2.08. The van der Waals surface area contributed by atoms with Crippen LogP contribution in [0.15, 0.2) is 61.3 Å². The molecule has 5 rings (SSSR count). The first-order valence-electron chi connectivity index (χ1n) is 7.55. The molecule has 8 heteroatoms. The zero-order valence-electron chi connectivity index (χ0n) is 12.8. The average Bonchev–Trinajstić information content (AvgIpc) is 3.27. The second-order valence-electron chi connectivity index (χ2n) is 5.47. The molecule has 5 aromatic rings. The van der Waals surface area contributed by atoms with Gasteiger partial charge in [-0.05, 0) is 36.4 Å². The zero-order chi connectivity index (χ0) is 16.8. The summed E-state index contributed by atoms with van der Waals surface area (Å²) in [5.41, 5.74) is 2.91. The highest BCUT2D eigenvalue weighted by Crippen LogP contribution is 2.23. The summed E-state index contributed by atoms with van der Waals surface area (Å²) in [6, 6.07) is 9.81. The Balaban J connectivity index is 1.73. The summed E-state index contributed by atoms with van der Waals surface area (Å²) in [6.07, 6.45) is 6.75. The Morgan fingerprint density at radius 1 is 0.880 bits per heavy atom. The molecule has 0 fully saturated rings. The smallest absolute Gasteiger partial charge is 0.175 e. The molecule has 4 heterocycles. The maximum atomic E-state index is 13.1. The Morgan fingerprint density at radius 3 is 2.48 bits per heavy atom. The van der Waals surface area contributed by atoms with Crippen molar-refractivity contribution < 1.29 is 4.39 Å². The van der Waals surface area contributed by atoms with Gasteiger partial charge in [0.25, 0.3) is 0 Å². The molecule has 0 radical (unpaired) electrons. The van der Waals surface area contributed by atoms with Gasteiger partial charge in [-0.3, -0.25) is 9.38 Å². The molecule has 0 aliphatic carbocycles. The summed E-state index contributed by atoms with van der Waals surface area (Å²) in [7, 11) is 0. The van der Waals surface area contributed by atoms with E-state index in [2.05, 4.69) is 25.3 Å². The summed E-state index contributed by atoms with van der Waals surface area (Å²) in [5, 5.41) is 13.7. The maximum Gasteiger partial charge on any atom is 0.175 e. The van der Waals surface area contributed by atoms with Crippen LogP contribution in [0.3, 0.4) is 0 Å². The quantitative estimate of drug-likeness (QED) is 0.497. The number of hydrogen-bond donors (Lipinski definition) is 0. The number of fused-ring (bicyclic) bond motifs is 3. The summed E-state index contributed by atoms with van der Waals surface area (Å²) >= 11 is 0. The molecule has 0 atom stereocenters. The van der Waals surface area contributed by atoms with E-state index in [1.54, 1.807) is 41.7 Å². The van der Waals surface area contributed by atoms with Crippen LogP contribution in [0.4, 0.5) is 4.39 Å². The van der Waals surface area contributed by atoms with E-state index in [9.17, 15) is 4.39 Å². The van der Waals surface area contributed by atoms with Gasteiger partial charge in [0.15, 0.2) is 17.1 Å². The zero-order valence-corrected chi connectivity index (χ0v) is 12.8. The van der Waals surface area contributed by atoms with Crippen LogP contribution < -0.4 is 0 Å². The van der Waals surface area contributed by atoms with E-state index in [0.717, 1.165) is 16.6 Å². The predicted octanol–water partition coefficient (Wildman–Crippen LogP) is 2.66. The molecule has 25 heavy (non-hydrogen) atoms. The summed E-state index contributed by atoms with van der Waals surface area (Å²) in [6.45, 7) is 0. The third-order valence-corrected chi connectivity index (χ3v) is 3.99. The van der Waals surface area contributed by atoms with E-state index in [0.29, 0.717) is 17.1 Å². The Hall–Kier alpha value is -3.68. The summed E-state index contributed by atoms with van der Waals surface area (Å²) < 4.78 is 16.6. The monoisotopic (exact) mass is 331 g/mol. The van der Waals surface area contributed by atoms with E-state index in [1.807, 2.05) is 16.5 Å². The maximum absolute atomic E-state index is 13.1. The molecule has 0 amide bonds. The van der Waals surface area contributed by atoms with E-state index < -0.39 is 0 Å². The minimum absolute atomic E-state index is 0.296. The van der Waals surface area contributed by atoms with E-state index >= 15 is 0 Å². The van der Waals surface area contributed by atoms with Crippen LogP contribution in [0.1, 0.15) is 0 Å². The molecule has 0 saturated carbocycles. The lowest BCUT2D eigenvalue weighted by molar-refractivity contribution is 0.627. The summed E-state index contributed by atoms with van der Waals surface area (Å²) in [5.74, 6) is 0.386. The van der Waals surface area contributed by atoms with Crippen LogP contribution in [0, 0.1) is 5.82 Å². The second kappa shape index (κ2) is 5.17. The van der Waals surface area contributed by atoms with Gasteiger partial charge < -0.3 is 0 Å². The molecule has 4 aromatic heterocycles. The Morgan fingerprint density at radius 2 is 1.68 bits per heavy atom. The average molecular weight is 331 g/mol. The topological polar surface area (TPSA) is 73.8 Å². The molecule has 0 unspecified atom stereocenters. The molecule has 0 aliphatic heterocycles. The van der Waals surface area contributed by atoms with Gasteiger partial charge in [0.1, 0.15) is 12.1 Å². The van der Waals surface area contributed by atoms with Crippen LogP contribution in [-0.2, 0) is 0 Å². The molecule has 0 bridgehead atoms. The SMILES string of the molecule is Fc1ccc(-n2ncc3c2ncn2c(-c4ccncc4)nnc32)cc1. The lowest BCUT2D eigenvalue weighted by Gasteiger charge is -2.03. The first-order valence-corrected chi connectivity index (χ1v) is 7.55. The minimum Gasteiger partial charge on any atom is -0.265 e. The number of halogens is 1. The molecule has 120 valence electrons. The Labute approximate surface area is 140 Å². The minimum atomic E-state index is -0.296. The number of rotatable bonds is 2. The molecule has 0 aliphatic rings. The molecule has 0 saturated heterocycles. The largest absolute Gasteiger partial charge is 0.265 e. The van der Waals surface area contributed by atoms with Crippen LogP contribution in [0.2, 0.25) is 0 Å². The normalized spacial score (nSPS) is 11.4. The van der Waals surface area contributed by atoms with Gasteiger partial charge in [-0.15, -0.1) is 10.2 Å². The van der Waals surface area contributed by atoms with Crippen molar-refractivity contribution in [3.63, 3.8) is 0 Å². The molecule has 7 nitrogen and oxygen atoms in total. The number of aromatic nitrogens is 7. The first-order chi connectivity index (χ1) is 12.3. The highest BCUT2D eigenvalue weighted by atomic mass is 19.1. The fourth-order valence-corrected chi connectivity index (χ4v) is 2.79. The Bertz CT molecular complexity index is 1190. The standard InChI is InChI=1S/C17H10FN7/c18-12-1-3-13(4-2-12)25-16-14(9-21-25)17-23-22-15(24(17)10-20-16)11-5-7-19-8-6-11/h1-10H. The van der Waals surface area contributed by atoms with Crippen molar-refractivity contribution in [3.05, 3.63) is 67.1 Å². The van der Waals surface area contributed by atoms with Crippen molar-refractivity contribution in [2.24, 2.45) is 0 Å². The third-order valence-electron chi connectivity index (χ3n) is 3.99. The van der Waals surface area contributed by atoms with Gasteiger partial charge in [-0.1, -0.05) is 0 Å². The molecular weight excluding hydrogens is 321 g/mol. The number of hydrogen-bond acceptors (Lipinski definition) is 5. The van der Waals surface area contributed by atoms with E-state index in [1.165, 1.54) is 12.1 Å². The van der Waals surface area contributed by atoms with E-state index in [4.69, 9.17) is 0 Å². The van der Waals surface area contributed by atoms with Crippen LogP contribution in [0.25, 0.3) is 33.8 Å². The van der Waals surface area contributed by atoms with Crippen molar-refractivity contribution in [3.8, 4) is 17.1 Å². The molecule has 1 aromatic carbocycles. The first kappa shape index (κ1) is 13.7. The molecule has 0 spiro atoms. The van der Waals surface area contributed by atoms with Gasteiger partial charge in [0.05, 0.1) is 17.3 Å². The number of benzene rings is 1. The number of pyridine rings is 1. The van der Waals surface area contributed by atoms with Crippen molar-refractivity contribution in [1.82, 2.24) is 34.3 Å². The fraction of sp³-hybridized carbons (Fsp3) is 0. The van der Waals surface area contributed by atoms with Crippen molar-refractivity contribution in [2.75, 3.05) is 0 Å². The second-order valence-corrected chi connectivity index (χ2v) is 5.47. The van der Waals surface area contributed by atoms with E-state index in [-0.39, 0.29) is 5.82 Å². The van der Waals surface area contributed by atoms with Gasteiger partial charge in [-0.2, -0.15) is 5.10 Å². The highest BCUT2D eigenvalue weighted by molar-refractivity contribution is 5.90. The van der Waals surface area contributed by atoms with Crippen LogP contribution in [0.5, 0.6) is 0 Å². The van der Waals surface area contributed by atoms with Gasteiger partial charge in [-0.25, -0.2) is 14.1 Å².